The number of hydrogen-bond donors (Lipinski definition) is 0. The van der Waals surface area contributed by atoms with Gasteiger partial charge in [-0.15, -0.1) is 0 Å². The molecule has 1 aliphatic rings. The van der Waals surface area contributed by atoms with Crippen LogP contribution in [0.25, 0.3) is 17.4 Å². The predicted molar refractivity (Wildman–Crippen MR) is 132 cm³/mol. The molecular formula is C23H15Cl2NO4S2. The molecule has 4 rings (SSSR count). The molecule has 32 heavy (non-hydrogen) atoms. The van der Waals surface area contributed by atoms with Crippen molar-refractivity contribution in [2.75, 3.05) is 11.5 Å². The summed E-state index contributed by atoms with van der Waals surface area (Å²) >= 11 is 18.6. The Morgan fingerprint density at radius 3 is 2.62 bits per heavy atom. The van der Waals surface area contributed by atoms with E-state index >= 15 is 0 Å². The molecule has 9 heteroatoms. The van der Waals surface area contributed by atoms with Gasteiger partial charge in [-0.1, -0.05) is 47.2 Å². The van der Waals surface area contributed by atoms with Gasteiger partial charge in [0.05, 0.1) is 27.8 Å². The molecule has 2 heterocycles. The van der Waals surface area contributed by atoms with E-state index in [1.165, 1.54) is 16.7 Å². The number of furan rings is 1. The highest BCUT2D eigenvalue weighted by molar-refractivity contribution is 8.27. The van der Waals surface area contributed by atoms with E-state index in [1.54, 1.807) is 67.6 Å². The van der Waals surface area contributed by atoms with Crippen LogP contribution in [0.15, 0.2) is 63.9 Å². The van der Waals surface area contributed by atoms with Gasteiger partial charge in [-0.25, -0.2) is 4.79 Å². The zero-order valence-electron chi connectivity index (χ0n) is 16.6. The lowest BCUT2D eigenvalue weighted by molar-refractivity contribution is -0.113. The fourth-order valence-corrected chi connectivity index (χ4v) is 4.64. The number of carbonyl (C=O) groups is 2. The monoisotopic (exact) mass is 503 g/mol. The van der Waals surface area contributed by atoms with Crippen molar-refractivity contribution in [3.8, 4) is 11.3 Å². The summed E-state index contributed by atoms with van der Waals surface area (Å²) in [4.78, 5) is 26.9. The van der Waals surface area contributed by atoms with E-state index < -0.39 is 5.97 Å². The molecule has 3 aromatic rings. The Morgan fingerprint density at radius 2 is 1.91 bits per heavy atom. The summed E-state index contributed by atoms with van der Waals surface area (Å²) in [6, 6.07) is 15.3. The molecule has 0 radical (unpaired) electrons. The second-order valence-corrected chi connectivity index (χ2v) is 9.13. The second-order valence-electron chi connectivity index (χ2n) is 6.61. The molecule has 5 nitrogen and oxygen atoms in total. The number of rotatable bonds is 5. The fraction of sp³-hybridized carbons (Fsp3) is 0.0870. The highest BCUT2D eigenvalue weighted by Gasteiger charge is 2.33. The van der Waals surface area contributed by atoms with Crippen molar-refractivity contribution in [1.82, 2.24) is 0 Å². The molecular weight excluding hydrogens is 489 g/mol. The average Bonchev–Trinajstić information content (AvgIpc) is 3.34. The van der Waals surface area contributed by atoms with Crippen molar-refractivity contribution in [1.29, 1.82) is 0 Å². The topological polar surface area (TPSA) is 59.8 Å². The largest absolute Gasteiger partial charge is 0.462 e. The third-order valence-corrected chi connectivity index (χ3v) is 6.41. The maximum atomic E-state index is 12.9. The second kappa shape index (κ2) is 9.50. The molecule has 0 aliphatic carbocycles. The van der Waals surface area contributed by atoms with Crippen LogP contribution in [0.3, 0.4) is 0 Å². The molecule has 162 valence electrons. The van der Waals surface area contributed by atoms with Crippen molar-refractivity contribution in [3.63, 3.8) is 0 Å². The zero-order valence-corrected chi connectivity index (χ0v) is 19.8. The molecule has 1 aliphatic heterocycles. The first-order valence-electron chi connectivity index (χ1n) is 9.47. The van der Waals surface area contributed by atoms with Crippen molar-refractivity contribution in [2.45, 2.75) is 6.92 Å². The number of benzene rings is 2. The van der Waals surface area contributed by atoms with Gasteiger partial charge in [0.25, 0.3) is 5.91 Å². The maximum Gasteiger partial charge on any atom is 0.339 e. The standard InChI is InChI=1S/C23H15Cl2NO4S2/c1-2-29-22(28)17-11-13(3-9-18(17)25)19-10-8-16(30-19)12-20-21(27)26(23(31)32-20)15-6-4-14(24)5-7-15/h3-12H,2H2,1H3/b20-12-. The van der Waals surface area contributed by atoms with Crippen LogP contribution < -0.4 is 4.90 Å². The van der Waals surface area contributed by atoms with Crippen LogP contribution in [0, 0.1) is 0 Å². The van der Waals surface area contributed by atoms with E-state index in [0.29, 0.717) is 42.0 Å². The lowest BCUT2D eigenvalue weighted by Gasteiger charge is -2.14. The summed E-state index contributed by atoms with van der Waals surface area (Å²) in [5.74, 6) is 0.254. The van der Waals surface area contributed by atoms with E-state index in [1.807, 2.05) is 0 Å². The Morgan fingerprint density at radius 1 is 1.16 bits per heavy atom. The first-order valence-corrected chi connectivity index (χ1v) is 11.5. The van der Waals surface area contributed by atoms with Gasteiger partial charge < -0.3 is 9.15 Å². The Kier molecular flexibility index (Phi) is 6.71. The van der Waals surface area contributed by atoms with Gasteiger partial charge in [0.15, 0.2) is 4.32 Å². The van der Waals surface area contributed by atoms with E-state index in [9.17, 15) is 9.59 Å². The van der Waals surface area contributed by atoms with Gasteiger partial charge in [-0.3, -0.25) is 9.69 Å². The number of hydrogen-bond acceptors (Lipinski definition) is 6. The molecule has 1 amide bonds. The molecule has 0 bridgehead atoms. The minimum Gasteiger partial charge on any atom is -0.462 e. The molecule has 1 saturated heterocycles. The smallest absolute Gasteiger partial charge is 0.339 e. The molecule has 0 saturated carbocycles. The maximum absolute atomic E-state index is 12.9. The van der Waals surface area contributed by atoms with Gasteiger partial charge in [-0.05, 0) is 61.5 Å². The molecule has 2 aromatic carbocycles. The number of thiocarbonyl (C=S) groups is 1. The van der Waals surface area contributed by atoms with Crippen LogP contribution in [0.1, 0.15) is 23.0 Å². The van der Waals surface area contributed by atoms with Crippen molar-refractivity contribution in [2.24, 2.45) is 0 Å². The molecule has 1 aromatic heterocycles. The number of anilines is 1. The summed E-state index contributed by atoms with van der Waals surface area (Å²) in [6.45, 7) is 1.97. The SMILES string of the molecule is CCOC(=O)c1cc(-c2ccc(/C=C3\SC(=S)N(c4ccc(Cl)cc4)C3=O)o2)ccc1Cl. The zero-order chi connectivity index (χ0) is 22.8. The Bertz CT molecular complexity index is 1250. The van der Waals surface area contributed by atoms with Crippen LogP contribution in [-0.4, -0.2) is 22.8 Å². The molecule has 0 unspecified atom stereocenters. The molecule has 0 atom stereocenters. The van der Waals surface area contributed by atoms with Crippen LogP contribution >= 0.6 is 47.2 Å². The quantitative estimate of drug-likeness (QED) is 0.216. The van der Waals surface area contributed by atoms with Crippen molar-refractivity contribution >= 4 is 75.1 Å². The Labute approximate surface area is 203 Å². The third-order valence-electron chi connectivity index (χ3n) is 4.52. The summed E-state index contributed by atoms with van der Waals surface area (Å²) in [7, 11) is 0. The summed E-state index contributed by atoms with van der Waals surface area (Å²) < 4.78 is 11.4. The van der Waals surface area contributed by atoms with Crippen LogP contribution in [0.5, 0.6) is 0 Å². The number of amides is 1. The lowest BCUT2D eigenvalue weighted by Crippen LogP contribution is -2.27. The highest BCUT2D eigenvalue weighted by atomic mass is 35.5. The first kappa shape index (κ1) is 22.6. The number of thioether (sulfide) groups is 1. The minimum absolute atomic E-state index is 0.239. The average molecular weight is 504 g/mol. The number of esters is 1. The number of nitrogens with zero attached hydrogens (tertiary/aromatic N) is 1. The van der Waals surface area contributed by atoms with Gasteiger partial charge in [-0.2, -0.15) is 0 Å². The van der Waals surface area contributed by atoms with E-state index in [-0.39, 0.29) is 18.1 Å². The van der Waals surface area contributed by atoms with Crippen molar-refractivity contribution in [3.05, 3.63) is 80.9 Å². The summed E-state index contributed by atoms with van der Waals surface area (Å²) in [6.07, 6.45) is 1.64. The number of ether oxygens (including phenoxy) is 1. The lowest BCUT2D eigenvalue weighted by atomic mass is 10.1. The van der Waals surface area contributed by atoms with Crippen LogP contribution in [0.2, 0.25) is 10.0 Å². The van der Waals surface area contributed by atoms with Crippen LogP contribution in [0.4, 0.5) is 5.69 Å². The van der Waals surface area contributed by atoms with Gasteiger partial charge in [0.1, 0.15) is 11.5 Å². The van der Waals surface area contributed by atoms with E-state index in [0.717, 1.165) is 0 Å². The molecule has 0 spiro atoms. The minimum atomic E-state index is -0.503. The van der Waals surface area contributed by atoms with Gasteiger partial charge in [0.2, 0.25) is 0 Å². The summed E-state index contributed by atoms with van der Waals surface area (Å²) in [5.41, 5.74) is 1.56. The van der Waals surface area contributed by atoms with Gasteiger partial charge >= 0.3 is 5.97 Å². The normalized spacial score (nSPS) is 15.0. The molecule has 0 N–H and O–H groups in total. The number of carbonyl (C=O) groups excluding carboxylic acids is 2. The van der Waals surface area contributed by atoms with Crippen molar-refractivity contribution < 1.29 is 18.7 Å². The Balaban J connectivity index is 1.59. The fourth-order valence-electron chi connectivity index (χ4n) is 3.04. The predicted octanol–water partition coefficient (Wildman–Crippen LogP) is 6.84. The van der Waals surface area contributed by atoms with Crippen LogP contribution in [-0.2, 0) is 9.53 Å². The van der Waals surface area contributed by atoms with E-state index in [2.05, 4.69) is 0 Å². The molecule has 1 fully saturated rings. The Hall–Kier alpha value is -2.58. The highest BCUT2D eigenvalue weighted by Crippen LogP contribution is 2.37. The third kappa shape index (κ3) is 4.61. The summed E-state index contributed by atoms with van der Waals surface area (Å²) in [5, 5.41) is 0.871. The van der Waals surface area contributed by atoms with E-state index in [4.69, 9.17) is 44.6 Å². The first-order chi connectivity index (χ1) is 15.4. The van der Waals surface area contributed by atoms with Gasteiger partial charge in [0, 0.05) is 16.7 Å². The number of halogens is 2.